The van der Waals surface area contributed by atoms with Crippen molar-refractivity contribution >= 4 is 0 Å². The fraction of sp³-hybridized carbons (Fsp3) is 0.636. The number of nitrogens with zero attached hydrogens (tertiary/aromatic N) is 2. The Labute approximate surface area is 89.8 Å². The SMILES string of the molecule is Cc1ccc(OCC2(N)CCCC2)nn1. The molecule has 0 aromatic carbocycles. The first-order valence-electron chi connectivity index (χ1n) is 5.40. The predicted molar refractivity (Wildman–Crippen MR) is 57.7 cm³/mol. The molecule has 0 amide bonds. The Morgan fingerprint density at radius 2 is 2.07 bits per heavy atom. The van der Waals surface area contributed by atoms with Gasteiger partial charge in [0, 0.05) is 6.07 Å². The highest BCUT2D eigenvalue weighted by Gasteiger charge is 2.30. The third-order valence-electron chi connectivity index (χ3n) is 2.88. The molecule has 1 saturated carbocycles. The molecule has 0 aliphatic heterocycles. The van der Waals surface area contributed by atoms with Gasteiger partial charge < -0.3 is 10.5 Å². The van der Waals surface area contributed by atoms with Crippen molar-refractivity contribution in [1.82, 2.24) is 10.2 Å². The Morgan fingerprint density at radius 1 is 1.33 bits per heavy atom. The van der Waals surface area contributed by atoms with Crippen molar-refractivity contribution in [2.45, 2.75) is 38.1 Å². The van der Waals surface area contributed by atoms with Gasteiger partial charge in [0.15, 0.2) is 0 Å². The maximum absolute atomic E-state index is 6.16. The molecule has 1 aliphatic carbocycles. The fourth-order valence-electron chi connectivity index (χ4n) is 1.90. The molecule has 0 radical (unpaired) electrons. The molecule has 2 rings (SSSR count). The summed E-state index contributed by atoms with van der Waals surface area (Å²) in [4.78, 5) is 0. The number of ether oxygens (including phenoxy) is 1. The molecule has 1 aliphatic rings. The van der Waals surface area contributed by atoms with Gasteiger partial charge in [-0.15, -0.1) is 5.10 Å². The molecule has 0 bridgehead atoms. The van der Waals surface area contributed by atoms with Gasteiger partial charge in [0.25, 0.3) is 0 Å². The quantitative estimate of drug-likeness (QED) is 0.814. The summed E-state index contributed by atoms with van der Waals surface area (Å²) in [5.41, 5.74) is 6.91. The van der Waals surface area contributed by atoms with E-state index in [1.807, 2.05) is 19.1 Å². The smallest absolute Gasteiger partial charge is 0.233 e. The monoisotopic (exact) mass is 207 g/mol. The molecule has 1 aromatic heterocycles. The van der Waals surface area contributed by atoms with Crippen LogP contribution in [0.25, 0.3) is 0 Å². The molecule has 0 spiro atoms. The highest BCUT2D eigenvalue weighted by molar-refractivity contribution is 5.10. The number of hydrogen-bond donors (Lipinski definition) is 1. The molecule has 0 saturated heterocycles. The van der Waals surface area contributed by atoms with Gasteiger partial charge in [0.05, 0.1) is 11.2 Å². The van der Waals surface area contributed by atoms with E-state index in [2.05, 4.69) is 10.2 Å². The van der Waals surface area contributed by atoms with Gasteiger partial charge in [-0.3, -0.25) is 0 Å². The lowest BCUT2D eigenvalue weighted by molar-refractivity contribution is 0.211. The molecule has 1 aromatic rings. The normalized spacial score (nSPS) is 19.1. The molecule has 1 heterocycles. The molecule has 0 atom stereocenters. The van der Waals surface area contributed by atoms with E-state index >= 15 is 0 Å². The van der Waals surface area contributed by atoms with Crippen LogP contribution in [0, 0.1) is 6.92 Å². The van der Waals surface area contributed by atoms with Crippen LogP contribution in [0.3, 0.4) is 0 Å². The summed E-state index contributed by atoms with van der Waals surface area (Å²) in [6.45, 7) is 2.45. The van der Waals surface area contributed by atoms with E-state index in [1.165, 1.54) is 12.8 Å². The molecule has 2 N–H and O–H groups in total. The van der Waals surface area contributed by atoms with E-state index in [-0.39, 0.29) is 5.54 Å². The standard InChI is InChI=1S/C11H17N3O/c1-9-4-5-10(14-13-9)15-8-11(12)6-2-3-7-11/h4-5H,2-3,6-8,12H2,1H3. The van der Waals surface area contributed by atoms with Crippen LogP contribution in [0.2, 0.25) is 0 Å². The lowest BCUT2D eigenvalue weighted by atomic mass is 10.0. The summed E-state index contributed by atoms with van der Waals surface area (Å²) >= 11 is 0. The van der Waals surface area contributed by atoms with Crippen LogP contribution in [-0.2, 0) is 0 Å². The van der Waals surface area contributed by atoms with Crippen molar-refractivity contribution in [2.24, 2.45) is 5.73 Å². The van der Waals surface area contributed by atoms with E-state index in [9.17, 15) is 0 Å². The van der Waals surface area contributed by atoms with Crippen LogP contribution >= 0.6 is 0 Å². The van der Waals surface area contributed by atoms with Crippen LogP contribution in [0.1, 0.15) is 31.4 Å². The number of aryl methyl sites for hydroxylation is 1. The van der Waals surface area contributed by atoms with E-state index in [4.69, 9.17) is 10.5 Å². The zero-order valence-corrected chi connectivity index (χ0v) is 9.07. The van der Waals surface area contributed by atoms with Gasteiger partial charge in [0.1, 0.15) is 6.61 Å². The molecule has 82 valence electrons. The summed E-state index contributed by atoms with van der Waals surface area (Å²) in [6, 6.07) is 3.72. The van der Waals surface area contributed by atoms with Crippen molar-refractivity contribution in [3.8, 4) is 5.88 Å². The minimum Gasteiger partial charge on any atom is -0.475 e. The highest BCUT2D eigenvalue weighted by atomic mass is 16.5. The zero-order valence-electron chi connectivity index (χ0n) is 9.07. The van der Waals surface area contributed by atoms with E-state index in [1.54, 1.807) is 0 Å². The number of hydrogen-bond acceptors (Lipinski definition) is 4. The second kappa shape index (κ2) is 4.14. The van der Waals surface area contributed by atoms with Crippen molar-refractivity contribution in [3.05, 3.63) is 17.8 Å². The van der Waals surface area contributed by atoms with Gasteiger partial charge in [-0.05, 0) is 25.8 Å². The largest absolute Gasteiger partial charge is 0.475 e. The van der Waals surface area contributed by atoms with Crippen LogP contribution in [0.15, 0.2) is 12.1 Å². The summed E-state index contributed by atoms with van der Waals surface area (Å²) in [6.07, 6.45) is 4.51. The molecule has 1 fully saturated rings. The molecule has 15 heavy (non-hydrogen) atoms. The molecule has 0 unspecified atom stereocenters. The van der Waals surface area contributed by atoms with Crippen molar-refractivity contribution in [3.63, 3.8) is 0 Å². The minimum absolute atomic E-state index is 0.146. The van der Waals surface area contributed by atoms with Crippen LogP contribution in [-0.4, -0.2) is 22.3 Å². The Hall–Kier alpha value is -1.16. The Bertz CT molecular complexity index is 317. The Balaban J connectivity index is 1.90. The first kappa shape index (κ1) is 10.4. The molecule has 4 nitrogen and oxygen atoms in total. The second-order valence-electron chi connectivity index (χ2n) is 4.37. The van der Waals surface area contributed by atoms with Crippen molar-refractivity contribution in [1.29, 1.82) is 0 Å². The van der Waals surface area contributed by atoms with Gasteiger partial charge in [-0.2, -0.15) is 5.10 Å². The van der Waals surface area contributed by atoms with Gasteiger partial charge in [0.2, 0.25) is 5.88 Å². The van der Waals surface area contributed by atoms with E-state index < -0.39 is 0 Å². The Morgan fingerprint density at radius 3 is 2.67 bits per heavy atom. The lowest BCUT2D eigenvalue weighted by Crippen LogP contribution is -2.42. The first-order valence-corrected chi connectivity index (χ1v) is 5.40. The summed E-state index contributed by atoms with van der Waals surface area (Å²) in [5, 5.41) is 7.87. The average Bonchev–Trinajstić information content (AvgIpc) is 2.65. The minimum atomic E-state index is -0.146. The predicted octanol–water partition coefficient (Wildman–Crippen LogP) is 1.44. The zero-order chi connectivity index (χ0) is 10.7. The van der Waals surface area contributed by atoms with Crippen LogP contribution in [0.5, 0.6) is 5.88 Å². The van der Waals surface area contributed by atoms with Crippen LogP contribution in [0.4, 0.5) is 0 Å². The van der Waals surface area contributed by atoms with Crippen LogP contribution < -0.4 is 10.5 Å². The maximum atomic E-state index is 6.16. The van der Waals surface area contributed by atoms with Gasteiger partial charge >= 0.3 is 0 Å². The average molecular weight is 207 g/mol. The van der Waals surface area contributed by atoms with Gasteiger partial charge in [-0.25, -0.2) is 0 Å². The fourth-order valence-corrected chi connectivity index (χ4v) is 1.90. The molecule has 4 heteroatoms. The first-order chi connectivity index (χ1) is 7.18. The second-order valence-corrected chi connectivity index (χ2v) is 4.37. The number of rotatable bonds is 3. The highest BCUT2D eigenvalue weighted by Crippen LogP contribution is 2.27. The molecular formula is C11H17N3O. The van der Waals surface area contributed by atoms with E-state index in [0.717, 1.165) is 18.5 Å². The third-order valence-corrected chi connectivity index (χ3v) is 2.88. The number of aromatic nitrogens is 2. The van der Waals surface area contributed by atoms with Crippen molar-refractivity contribution in [2.75, 3.05) is 6.61 Å². The van der Waals surface area contributed by atoms with Gasteiger partial charge in [-0.1, -0.05) is 12.8 Å². The lowest BCUT2D eigenvalue weighted by Gasteiger charge is -2.22. The van der Waals surface area contributed by atoms with E-state index in [0.29, 0.717) is 12.5 Å². The summed E-state index contributed by atoms with van der Waals surface area (Å²) < 4.78 is 5.55. The number of nitrogens with two attached hydrogens (primary N) is 1. The topological polar surface area (TPSA) is 61.0 Å². The summed E-state index contributed by atoms with van der Waals surface area (Å²) in [7, 11) is 0. The van der Waals surface area contributed by atoms with Crippen molar-refractivity contribution < 1.29 is 4.74 Å². The maximum Gasteiger partial charge on any atom is 0.233 e. The molecular weight excluding hydrogens is 190 g/mol. The summed E-state index contributed by atoms with van der Waals surface area (Å²) in [5.74, 6) is 0.567. The Kier molecular flexibility index (Phi) is 2.86. The third kappa shape index (κ3) is 2.65.